The third-order valence-corrected chi connectivity index (χ3v) is 10.5. The van der Waals surface area contributed by atoms with Crippen molar-refractivity contribution in [3.63, 3.8) is 0 Å². The highest BCUT2D eigenvalue weighted by molar-refractivity contribution is 5.92. The number of hydrogen-bond donors (Lipinski definition) is 2. The van der Waals surface area contributed by atoms with E-state index >= 15 is 0 Å². The van der Waals surface area contributed by atoms with Crippen molar-refractivity contribution in [1.82, 2.24) is 9.80 Å². The number of halogens is 3. The first-order valence-corrected chi connectivity index (χ1v) is 15.1. The van der Waals surface area contributed by atoms with Gasteiger partial charge in [-0.15, -0.1) is 0 Å². The number of phenols is 1. The van der Waals surface area contributed by atoms with Crippen molar-refractivity contribution in [1.29, 1.82) is 0 Å². The van der Waals surface area contributed by atoms with Gasteiger partial charge in [0.25, 0.3) is 0 Å². The number of aromatic hydroxyl groups is 1. The summed E-state index contributed by atoms with van der Waals surface area (Å²) in [7, 11) is 0. The molecule has 2 aromatic rings. The van der Waals surface area contributed by atoms with Crippen LogP contribution < -0.4 is 4.74 Å². The van der Waals surface area contributed by atoms with Crippen LogP contribution in [0.25, 0.3) is 6.08 Å². The minimum absolute atomic E-state index is 0.0457. The van der Waals surface area contributed by atoms with Crippen LogP contribution in [0, 0.1) is 5.92 Å². The van der Waals surface area contributed by atoms with Crippen LogP contribution in [-0.4, -0.2) is 68.8 Å². The van der Waals surface area contributed by atoms with E-state index in [9.17, 15) is 28.2 Å². The molecule has 1 amide bonds. The van der Waals surface area contributed by atoms with Crippen LogP contribution in [0.3, 0.4) is 0 Å². The van der Waals surface area contributed by atoms with Crippen LogP contribution in [0.2, 0.25) is 0 Å². The fraction of sp³-hybridized carbons (Fsp3) is 0.545. The molecule has 2 aromatic carbocycles. The quantitative estimate of drug-likeness (QED) is 0.453. The number of rotatable bonds is 6. The average Bonchev–Trinajstić information content (AvgIpc) is 3.68. The number of piperidine rings is 1. The van der Waals surface area contributed by atoms with Crippen LogP contribution in [0.1, 0.15) is 68.2 Å². The minimum atomic E-state index is -4.47. The first-order chi connectivity index (χ1) is 19.9. The van der Waals surface area contributed by atoms with E-state index in [4.69, 9.17) is 4.74 Å². The molecular weight excluding hydrogens is 545 g/mol. The molecule has 1 spiro atoms. The Balaban J connectivity index is 1.25. The Morgan fingerprint density at radius 1 is 1.19 bits per heavy atom. The SMILES string of the molecule is CC(C)N(C(=O)/C=C/c1cccc(C(F)(F)F)c1)C1CCC2(O)[C@H]3Cc4ccc(O)c5c4[C@@]2(CCN3CC2CC2)C1O5. The van der Waals surface area contributed by atoms with Gasteiger partial charge in [0.05, 0.1) is 22.6 Å². The molecule has 3 aliphatic carbocycles. The lowest BCUT2D eigenvalue weighted by molar-refractivity contribution is -0.202. The zero-order chi connectivity index (χ0) is 29.6. The molecule has 2 heterocycles. The summed E-state index contributed by atoms with van der Waals surface area (Å²) in [5.74, 6) is 0.831. The third kappa shape index (κ3) is 4.03. The molecule has 5 atom stereocenters. The predicted octanol–water partition coefficient (Wildman–Crippen LogP) is 5.29. The lowest BCUT2D eigenvalue weighted by Crippen LogP contribution is -2.78. The molecule has 7 rings (SSSR count). The predicted molar refractivity (Wildman–Crippen MR) is 151 cm³/mol. The molecule has 5 aliphatic rings. The van der Waals surface area contributed by atoms with Gasteiger partial charge in [-0.25, -0.2) is 0 Å². The molecule has 224 valence electrons. The largest absolute Gasteiger partial charge is 0.504 e. The van der Waals surface area contributed by atoms with Gasteiger partial charge in [-0.05, 0) is 100 Å². The number of likely N-dealkylation sites (tertiary alicyclic amines) is 1. The number of amides is 1. The second kappa shape index (κ2) is 9.48. The van der Waals surface area contributed by atoms with Crippen LogP contribution in [0.15, 0.2) is 42.5 Å². The van der Waals surface area contributed by atoms with Crippen LogP contribution in [0.4, 0.5) is 13.2 Å². The zero-order valence-electron chi connectivity index (χ0n) is 23.9. The number of ether oxygens (including phenoxy) is 1. The van der Waals surface area contributed by atoms with Crippen molar-refractivity contribution < 1.29 is 32.9 Å². The summed E-state index contributed by atoms with van der Waals surface area (Å²) in [5.41, 5.74) is -0.314. The molecule has 2 N–H and O–H groups in total. The molecule has 9 heteroatoms. The Labute approximate surface area is 243 Å². The highest BCUT2D eigenvalue weighted by Crippen LogP contribution is 2.66. The average molecular weight is 583 g/mol. The zero-order valence-corrected chi connectivity index (χ0v) is 23.9. The van der Waals surface area contributed by atoms with E-state index in [2.05, 4.69) is 4.90 Å². The van der Waals surface area contributed by atoms with Gasteiger partial charge in [0.1, 0.15) is 6.10 Å². The molecule has 42 heavy (non-hydrogen) atoms. The van der Waals surface area contributed by atoms with Gasteiger partial charge in [-0.1, -0.05) is 18.2 Å². The maximum Gasteiger partial charge on any atom is 0.416 e. The second-order valence-corrected chi connectivity index (χ2v) is 13.2. The fourth-order valence-corrected chi connectivity index (χ4v) is 8.61. The van der Waals surface area contributed by atoms with Gasteiger partial charge < -0.3 is 19.8 Å². The maximum absolute atomic E-state index is 13.8. The molecule has 0 aromatic heterocycles. The van der Waals surface area contributed by atoms with Crippen LogP contribution >= 0.6 is 0 Å². The van der Waals surface area contributed by atoms with Crippen molar-refractivity contribution in [3.8, 4) is 11.5 Å². The van der Waals surface area contributed by atoms with Crippen LogP contribution in [-0.2, 0) is 22.8 Å². The number of carbonyl (C=O) groups excluding carboxylic acids is 1. The summed E-state index contributed by atoms with van der Waals surface area (Å²) in [5, 5.41) is 23.6. The fourth-order valence-electron chi connectivity index (χ4n) is 8.61. The van der Waals surface area contributed by atoms with E-state index in [-0.39, 0.29) is 29.3 Å². The standard InChI is InChI=1S/C33H37F3N2O4/c1-19(2)38(27(40)11-8-20-4-3-5-23(16-20)33(34,35)36)24-12-13-32(41)26-17-22-9-10-25(39)29-28(22)31(32,30(24)42-29)14-15-37(26)18-21-6-7-21/h3-5,8-11,16,19,21,24,26,30,39,41H,6-7,12-15,17-18H2,1-2H3/b11-8+/t24?,26-,30?,31+,32?/m1/s1. The first kappa shape index (κ1) is 27.8. The Kier molecular flexibility index (Phi) is 6.27. The Hall–Kier alpha value is -3.04. The molecule has 6 nitrogen and oxygen atoms in total. The number of aliphatic hydroxyl groups is 1. The van der Waals surface area contributed by atoms with Crippen molar-refractivity contribution in [2.45, 2.75) is 93.8 Å². The van der Waals surface area contributed by atoms with Crippen LogP contribution in [0.5, 0.6) is 11.5 Å². The minimum Gasteiger partial charge on any atom is -0.504 e. The summed E-state index contributed by atoms with van der Waals surface area (Å²) >= 11 is 0. The Morgan fingerprint density at radius 3 is 2.69 bits per heavy atom. The van der Waals surface area contributed by atoms with E-state index in [1.807, 2.05) is 19.9 Å². The first-order valence-electron chi connectivity index (χ1n) is 15.1. The van der Waals surface area contributed by atoms with E-state index in [0.717, 1.165) is 36.3 Å². The number of phenolic OH excluding ortho intramolecular Hbond substituents is 1. The topological polar surface area (TPSA) is 73.2 Å². The van der Waals surface area contributed by atoms with Crippen molar-refractivity contribution in [3.05, 3.63) is 64.7 Å². The third-order valence-electron chi connectivity index (χ3n) is 10.5. The maximum atomic E-state index is 13.8. The molecule has 1 saturated heterocycles. The monoisotopic (exact) mass is 582 g/mol. The summed E-state index contributed by atoms with van der Waals surface area (Å²) in [6.45, 7) is 5.63. The molecule has 2 aliphatic heterocycles. The van der Waals surface area contributed by atoms with Gasteiger partial charge in [-0.3, -0.25) is 9.69 Å². The molecule has 3 unspecified atom stereocenters. The van der Waals surface area contributed by atoms with E-state index < -0.39 is 34.9 Å². The van der Waals surface area contributed by atoms with Crippen molar-refractivity contribution in [2.75, 3.05) is 13.1 Å². The molecule has 0 radical (unpaired) electrons. The van der Waals surface area contributed by atoms with Crippen molar-refractivity contribution in [2.24, 2.45) is 5.92 Å². The van der Waals surface area contributed by atoms with E-state index in [1.54, 1.807) is 11.0 Å². The lowest BCUT2D eigenvalue weighted by Gasteiger charge is -2.65. The van der Waals surface area contributed by atoms with Gasteiger partial charge in [0.15, 0.2) is 11.5 Å². The molecule has 3 fully saturated rings. The highest BCUT2D eigenvalue weighted by atomic mass is 19.4. The van der Waals surface area contributed by atoms with Gasteiger partial charge in [-0.2, -0.15) is 13.2 Å². The van der Waals surface area contributed by atoms with E-state index in [0.29, 0.717) is 37.4 Å². The number of hydrogen-bond acceptors (Lipinski definition) is 5. The number of nitrogens with zero attached hydrogens (tertiary/aromatic N) is 2. The number of carbonyl (C=O) groups is 1. The van der Waals surface area contributed by atoms with E-state index in [1.165, 1.54) is 37.1 Å². The lowest BCUT2D eigenvalue weighted by atomic mass is 9.48. The summed E-state index contributed by atoms with van der Waals surface area (Å²) < 4.78 is 46.4. The van der Waals surface area contributed by atoms with Gasteiger partial charge in [0.2, 0.25) is 5.91 Å². The smallest absolute Gasteiger partial charge is 0.416 e. The highest BCUT2D eigenvalue weighted by Gasteiger charge is 2.73. The summed E-state index contributed by atoms with van der Waals surface area (Å²) in [6, 6.07) is 7.85. The number of benzene rings is 2. The molecule has 2 saturated carbocycles. The molecular formula is C33H37F3N2O4. The normalized spacial score (nSPS) is 31.7. The summed E-state index contributed by atoms with van der Waals surface area (Å²) in [6.07, 6.45) is 2.56. The Bertz CT molecular complexity index is 1450. The van der Waals surface area contributed by atoms with Crippen molar-refractivity contribution >= 4 is 12.0 Å². The Morgan fingerprint density at radius 2 is 1.98 bits per heavy atom. The van der Waals surface area contributed by atoms with Gasteiger partial charge in [0, 0.05) is 30.3 Å². The summed E-state index contributed by atoms with van der Waals surface area (Å²) in [4.78, 5) is 18.0. The molecule has 2 bridgehead atoms. The number of alkyl halides is 3. The second-order valence-electron chi connectivity index (χ2n) is 13.2. The van der Waals surface area contributed by atoms with Gasteiger partial charge >= 0.3 is 6.18 Å².